The van der Waals surface area contributed by atoms with Gasteiger partial charge in [-0.15, -0.1) is 0 Å². The molecule has 0 aromatic heterocycles. The number of amides is 2. The van der Waals surface area contributed by atoms with Crippen molar-refractivity contribution in [2.75, 3.05) is 31.7 Å². The Morgan fingerprint density at radius 3 is 2.76 bits per heavy atom. The Balaban J connectivity index is 2.47. The molecule has 0 bridgehead atoms. The Labute approximate surface area is 127 Å². The molecule has 2 amide bonds. The summed E-state index contributed by atoms with van der Waals surface area (Å²) in [4.78, 5) is 11.8. The third-order valence-corrected chi connectivity index (χ3v) is 2.80. The fraction of sp³-hybridized carbons (Fsp3) is 0.562. The van der Waals surface area contributed by atoms with Gasteiger partial charge in [0.05, 0.1) is 12.3 Å². The van der Waals surface area contributed by atoms with Crippen LogP contribution < -0.4 is 15.4 Å². The van der Waals surface area contributed by atoms with Crippen molar-refractivity contribution in [1.29, 1.82) is 0 Å². The Hall–Kier alpha value is -1.75. The van der Waals surface area contributed by atoms with E-state index in [1.165, 1.54) is 0 Å². The van der Waals surface area contributed by atoms with Gasteiger partial charge in [0, 0.05) is 19.8 Å². The Morgan fingerprint density at radius 2 is 2.05 bits per heavy atom. The molecule has 5 nitrogen and oxygen atoms in total. The van der Waals surface area contributed by atoms with E-state index in [1.807, 2.05) is 39.0 Å². The lowest BCUT2D eigenvalue weighted by molar-refractivity contribution is 0.145. The minimum absolute atomic E-state index is 0.225. The highest BCUT2D eigenvalue weighted by Crippen LogP contribution is 2.25. The lowest BCUT2D eigenvalue weighted by Crippen LogP contribution is -2.30. The van der Waals surface area contributed by atoms with E-state index in [9.17, 15) is 4.79 Å². The summed E-state index contributed by atoms with van der Waals surface area (Å²) in [5, 5.41) is 5.62. The van der Waals surface area contributed by atoms with Crippen LogP contribution in [0.5, 0.6) is 5.75 Å². The van der Waals surface area contributed by atoms with E-state index in [2.05, 4.69) is 10.6 Å². The maximum absolute atomic E-state index is 11.8. The summed E-state index contributed by atoms with van der Waals surface area (Å²) in [5.74, 6) is 0.710. The van der Waals surface area contributed by atoms with Gasteiger partial charge in [-0.1, -0.05) is 13.0 Å². The third-order valence-electron chi connectivity index (χ3n) is 2.80. The van der Waals surface area contributed by atoms with Crippen LogP contribution in [0.3, 0.4) is 0 Å². The van der Waals surface area contributed by atoms with Crippen molar-refractivity contribution in [1.82, 2.24) is 5.32 Å². The number of rotatable bonds is 9. The second-order valence-corrected chi connectivity index (χ2v) is 4.78. The van der Waals surface area contributed by atoms with Crippen LogP contribution in [0.15, 0.2) is 18.2 Å². The fourth-order valence-corrected chi connectivity index (χ4v) is 1.75. The zero-order valence-electron chi connectivity index (χ0n) is 13.2. The van der Waals surface area contributed by atoms with Crippen molar-refractivity contribution >= 4 is 11.7 Å². The summed E-state index contributed by atoms with van der Waals surface area (Å²) in [6.45, 7) is 8.58. The van der Waals surface area contributed by atoms with E-state index in [-0.39, 0.29) is 6.03 Å². The average Bonchev–Trinajstić information content (AvgIpc) is 2.47. The molecule has 0 aliphatic carbocycles. The Bertz CT molecular complexity index is 436. The summed E-state index contributed by atoms with van der Waals surface area (Å²) in [7, 11) is 0. The van der Waals surface area contributed by atoms with Gasteiger partial charge in [0.1, 0.15) is 5.75 Å². The lowest BCUT2D eigenvalue weighted by Gasteiger charge is -2.13. The molecular formula is C16H26N2O3. The molecule has 0 aliphatic heterocycles. The first kappa shape index (κ1) is 17.3. The molecule has 0 unspecified atom stereocenters. The number of carbonyl (C=O) groups excluding carboxylic acids is 1. The van der Waals surface area contributed by atoms with E-state index in [4.69, 9.17) is 9.47 Å². The molecule has 0 heterocycles. The molecule has 1 rings (SSSR count). The highest BCUT2D eigenvalue weighted by atomic mass is 16.5. The smallest absolute Gasteiger partial charge is 0.319 e. The molecular weight excluding hydrogens is 268 g/mol. The monoisotopic (exact) mass is 294 g/mol. The summed E-state index contributed by atoms with van der Waals surface area (Å²) in [5.41, 5.74) is 1.79. The first-order valence-electron chi connectivity index (χ1n) is 7.53. The molecule has 0 saturated carbocycles. The molecule has 0 spiro atoms. The quantitative estimate of drug-likeness (QED) is 0.687. The summed E-state index contributed by atoms with van der Waals surface area (Å²) < 4.78 is 10.9. The highest BCUT2D eigenvalue weighted by Gasteiger charge is 2.07. The maximum Gasteiger partial charge on any atom is 0.319 e. The van der Waals surface area contributed by atoms with Gasteiger partial charge >= 0.3 is 6.03 Å². The lowest BCUT2D eigenvalue weighted by atomic mass is 10.2. The van der Waals surface area contributed by atoms with Crippen LogP contribution in [0.1, 0.15) is 32.3 Å². The topological polar surface area (TPSA) is 59.6 Å². The van der Waals surface area contributed by atoms with Crippen molar-refractivity contribution in [3.8, 4) is 5.75 Å². The Morgan fingerprint density at radius 1 is 1.24 bits per heavy atom. The zero-order valence-corrected chi connectivity index (χ0v) is 13.2. The third kappa shape index (κ3) is 6.99. The van der Waals surface area contributed by atoms with Crippen LogP contribution in [0.25, 0.3) is 0 Å². The number of benzene rings is 1. The van der Waals surface area contributed by atoms with E-state index < -0.39 is 0 Å². The van der Waals surface area contributed by atoms with Crippen molar-refractivity contribution in [2.45, 2.75) is 33.6 Å². The van der Waals surface area contributed by atoms with Gasteiger partial charge < -0.3 is 20.1 Å². The van der Waals surface area contributed by atoms with E-state index in [1.54, 1.807) is 0 Å². The van der Waals surface area contributed by atoms with Gasteiger partial charge in [0.25, 0.3) is 0 Å². The van der Waals surface area contributed by atoms with Crippen molar-refractivity contribution in [2.24, 2.45) is 0 Å². The maximum atomic E-state index is 11.8. The zero-order chi connectivity index (χ0) is 15.5. The molecule has 21 heavy (non-hydrogen) atoms. The van der Waals surface area contributed by atoms with E-state index in [0.29, 0.717) is 37.8 Å². The van der Waals surface area contributed by atoms with Crippen molar-refractivity contribution in [3.63, 3.8) is 0 Å². The average molecular weight is 294 g/mol. The molecule has 0 radical (unpaired) electrons. The van der Waals surface area contributed by atoms with Crippen LogP contribution in [-0.2, 0) is 4.74 Å². The Kier molecular flexibility index (Phi) is 8.28. The van der Waals surface area contributed by atoms with Gasteiger partial charge in [-0.3, -0.25) is 0 Å². The largest absolute Gasteiger partial charge is 0.491 e. The number of aryl methyl sites for hydroxylation is 1. The SMILES string of the molecule is CCCOc1cc(C)ccc1NC(=O)NCCCOCC. The van der Waals surface area contributed by atoms with Gasteiger partial charge in [0.15, 0.2) is 0 Å². The number of carbonyl (C=O) groups is 1. The predicted molar refractivity (Wildman–Crippen MR) is 85.1 cm³/mol. The molecule has 118 valence electrons. The predicted octanol–water partition coefficient (Wildman–Crippen LogP) is 3.33. The van der Waals surface area contributed by atoms with E-state index in [0.717, 1.165) is 18.4 Å². The molecule has 0 aliphatic rings. The van der Waals surface area contributed by atoms with Crippen LogP contribution in [0, 0.1) is 6.92 Å². The molecule has 0 fully saturated rings. The number of anilines is 1. The number of ether oxygens (including phenoxy) is 2. The first-order valence-corrected chi connectivity index (χ1v) is 7.53. The van der Waals surface area contributed by atoms with Crippen LogP contribution in [0.2, 0.25) is 0 Å². The fourth-order valence-electron chi connectivity index (χ4n) is 1.75. The van der Waals surface area contributed by atoms with Gasteiger partial charge in [0.2, 0.25) is 0 Å². The molecule has 0 saturated heterocycles. The van der Waals surface area contributed by atoms with E-state index >= 15 is 0 Å². The standard InChI is InChI=1S/C16H26N2O3/c1-4-10-21-15-12-13(3)7-8-14(15)18-16(19)17-9-6-11-20-5-2/h7-8,12H,4-6,9-11H2,1-3H3,(H2,17,18,19). The number of nitrogens with one attached hydrogen (secondary N) is 2. The van der Waals surface area contributed by atoms with Gasteiger partial charge in [-0.05, 0) is 44.4 Å². The second kappa shape index (κ2) is 10.0. The second-order valence-electron chi connectivity index (χ2n) is 4.78. The van der Waals surface area contributed by atoms with Crippen molar-refractivity contribution < 1.29 is 14.3 Å². The highest BCUT2D eigenvalue weighted by molar-refractivity contribution is 5.90. The van der Waals surface area contributed by atoms with Crippen LogP contribution in [-0.4, -0.2) is 32.4 Å². The van der Waals surface area contributed by atoms with Crippen molar-refractivity contribution in [3.05, 3.63) is 23.8 Å². The van der Waals surface area contributed by atoms with Crippen LogP contribution in [0.4, 0.5) is 10.5 Å². The molecule has 2 N–H and O–H groups in total. The molecule has 1 aromatic carbocycles. The minimum Gasteiger partial charge on any atom is -0.491 e. The van der Waals surface area contributed by atoms with Crippen LogP contribution >= 0.6 is 0 Å². The molecule has 5 heteroatoms. The summed E-state index contributed by atoms with van der Waals surface area (Å²) in [6, 6.07) is 5.51. The normalized spacial score (nSPS) is 10.2. The summed E-state index contributed by atoms with van der Waals surface area (Å²) >= 11 is 0. The number of hydrogen-bond acceptors (Lipinski definition) is 3. The molecule has 0 atom stereocenters. The van der Waals surface area contributed by atoms with Gasteiger partial charge in [-0.25, -0.2) is 4.79 Å². The first-order chi connectivity index (χ1) is 10.2. The number of urea groups is 1. The van der Waals surface area contributed by atoms with Gasteiger partial charge in [-0.2, -0.15) is 0 Å². The molecule has 1 aromatic rings. The number of hydrogen-bond donors (Lipinski definition) is 2. The summed E-state index contributed by atoms with van der Waals surface area (Å²) in [6.07, 6.45) is 1.73. The minimum atomic E-state index is -0.225.